The highest BCUT2D eigenvalue weighted by Crippen LogP contribution is 2.61. The van der Waals surface area contributed by atoms with Crippen molar-refractivity contribution in [2.45, 2.75) is 12.3 Å². The molecule has 50 heavy (non-hydrogen) atoms. The van der Waals surface area contributed by atoms with Crippen LogP contribution in [0.4, 0.5) is 0 Å². The van der Waals surface area contributed by atoms with Crippen LogP contribution in [0.25, 0.3) is 0 Å². The van der Waals surface area contributed by atoms with Crippen molar-refractivity contribution in [1.82, 2.24) is 0 Å². The normalized spacial score (nSPS) is 11.2. The highest BCUT2D eigenvalue weighted by atomic mass is 79.9. The van der Waals surface area contributed by atoms with Crippen LogP contribution in [0.5, 0.6) is 0 Å². The van der Waals surface area contributed by atoms with Crippen LogP contribution < -0.4 is 65.8 Å². The predicted octanol–water partition coefficient (Wildman–Crippen LogP) is 4.21. The maximum absolute atomic E-state index is 4.06. The molecule has 7 rings (SSSR count). The second-order valence-corrected chi connectivity index (χ2v) is 20.7. The van der Waals surface area contributed by atoms with Crippen molar-refractivity contribution in [1.29, 1.82) is 0 Å². The Bertz CT molecular complexity index is 1740. The van der Waals surface area contributed by atoms with Crippen molar-refractivity contribution < 1.29 is 34.0 Å². The monoisotopic (exact) mass is 942 g/mol. The lowest BCUT2D eigenvalue weighted by Gasteiger charge is -2.30. The largest absolute Gasteiger partial charge is 1.00 e. The summed E-state index contributed by atoms with van der Waals surface area (Å²) in [6.45, 7) is 0. The van der Waals surface area contributed by atoms with Gasteiger partial charge in [-0.1, -0.05) is 141 Å². The molecule has 0 atom stereocenters. The average molecular weight is 946 g/mol. The van der Waals surface area contributed by atoms with Crippen LogP contribution in [0.3, 0.4) is 0 Å². The van der Waals surface area contributed by atoms with E-state index in [1.54, 1.807) is 0 Å². The Morgan fingerprint density at radius 1 is 0.300 bits per heavy atom. The third kappa shape index (κ3) is 7.73. The fourth-order valence-electron chi connectivity index (χ4n) is 6.94. The molecule has 0 amide bonds. The summed E-state index contributed by atoms with van der Waals surface area (Å²) in [4.78, 5) is 0. The number of hydrogen-bond acceptors (Lipinski definition) is 0. The van der Waals surface area contributed by atoms with Crippen molar-refractivity contribution in [3.05, 3.63) is 214 Å². The topological polar surface area (TPSA) is 0 Å². The second kappa shape index (κ2) is 17.7. The average Bonchev–Trinajstić information content (AvgIpc) is 3.16. The molecule has 0 saturated carbocycles. The minimum atomic E-state index is -2.10. The van der Waals surface area contributed by atoms with Gasteiger partial charge in [0.25, 0.3) is 0 Å². The van der Waals surface area contributed by atoms with Gasteiger partial charge in [0.2, 0.25) is 0 Å². The molecule has 250 valence electrons. The first kappa shape index (κ1) is 38.5. The molecule has 6 heteroatoms. The van der Waals surface area contributed by atoms with Crippen LogP contribution in [-0.2, 0) is 12.3 Å². The second-order valence-electron chi connectivity index (χ2n) is 12.0. The first-order valence-corrected chi connectivity index (χ1v) is 21.7. The van der Waals surface area contributed by atoms with Crippen LogP contribution in [0, 0.1) is 0 Å². The van der Waals surface area contributed by atoms with E-state index >= 15 is 0 Å². The zero-order chi connectivity index (χ0) is 32.8. The van der Waals surface area contributed by atoms with E-state index in [1.807, 2.05) is 0 Å². The predicted molar refractivity (Wildman–Crippen MR) is 220 cm³/mol. The summed E-state index contributed by atoms with van der Waals surface area (Å²) in [6, 6.07) is 71.8. The summed E-state index contributed by atoms with van der Waals surface area (Å²) in [5.74, 6) is 0. The Hall–Kier alpha value is -2.68. The Balaban J connectivity index is 0.00000243. The first-order valence-electron chi connectivity index (χ1n) is 16.2. The summed E-state index contributed by atoms with van der Waals surface area (Å²) in [5, 5.41) is 8.32. The third-order valence-corrected chi connectivity index (χ3v) is 19.4. The van der Waals surface area contributed by atoms with Gasteiger partial charge in [-0.15, -0.1) is 0 Å². The molecule has 0 heterocycles. The first-order chi connectivity index (χ1) is 23.6. The van der Waals surface area contributed by atoms with E-state index in [4.69, 9.17) is 0 Å². The number of hydrogen-bond donors (Lipinski definition) is 0. The van der Waals surface area contributed by atoms with Gasteiger partial charge in [0, 0.05) is 20.1 Å². The van der Waals surface area contributed by atoms with Crippen LogP contribution in [0.1, 0.15) is 11.1 Å². The standard InChI is InChI=1S/C44H36Br2P2.2BrH/c45-43-32-44(46)36(34-48(40-25-13-4-14-26-40,41-27-15-5-16-28-41)42-29-17-6-18-30-42)31-35(43)33-47(37-19-7-1-8-20-37,38-21-9-2-10-22-38)39-23-11-3-12-24-39;;/h1-32H,33-34H2;2*1H/q+2;;/p-2. The van der Waals surface area contributed by atoms with Gasteiger partial charge >= 0.3 is 0 Å². The third-order valence-electron chi connectivity index (χ3n) is 9.21. The molecule has 0 unspecified atom stereocenters. The molecule has 7 aromatic rings. The molecule has 0 bridgehead atoms. The molecular formula is C44H36Br4P2. The molecule has 0 N–H and O–H groups in total. The molecule has 0 spiro atoms. The Morgan fingerprint density at radius 3 is 0.700 bits per heavy atom. The van der Waals surface area contributed by atoms with Gasteiger partial charge in [-0.25, -0.2) is 0 Å². The van der Waals surface area contributed by atoms with Crippen LogP contribution in [-0.4, -0.2) is 0 Å². The Morgan fingerprint density at radius 2 is 0.500 bits per heavy atom. The molecule has 0 aliphatic heterocycles. The van der Waals surface area contributed by atoms with E-state index in [2.05, 4.69) is 226 Å². The number of rotatable bonds is 10. The lowest BCUT2D eigenvalue weighted by molar-refractivity contribution is -0.00100. The van der Waals surface area contributed by atoms with E-state index in [-0.39, 0.29) is 34.0 Å². The molecule has 0 aliphatic rings. The van der Waals surface area contributed by atoms with E-state index in [9.17, 15) is 0 Å². The fourth-order valence-corrected chi connectivity index (χ4v) is 17.2. The minimum Gasteiger partial charge on any atom is -1.00 e. The maximum atomic E-state index is 4.06. The minimum absolute atomic E-state index is 0. The van der Waals surface area contributed by atoms with Gasteiger partial charge in [0.15, 0.2) is 0 Å². The van der Waals surface area contributed by atoms with Crippen molar-refractivity contribution in [3.8, 4) is 0 Å². The number of benzene rings is 7. The Kier molecular flexibility index (Phi) is 13.6. The summed E-state index contributed by atoms with van der Waals surface area (Å²) in [5.41, 5.74) is 2.65. The smallest absolute Gasteiger partial charge is 0.116 e. The van der Waals surface area contributed by atoms with Gasteiger partial charge in [0.05, 0.1) is 12.3 Å². The SMILES string of the molecule is Brc1cc(Br)c(C[P+](c2ccccc2)(c2ccccc2)c2ccccc2)cc1C[P+](c1ccccc1)(c1ccccc1)c1ccccc1.[Br-].[Br-]. The maximum Gasteiger partial charge on any atom is 0.116 e. The van der Waals surface area contributed by atoms with Crippen LogP contribution in [0.15, 0.2) is 203 Å². The summed E-state index contributed by atoms with van der Waals surface area (Å²) in [7, 11) is -4.20. The van der Waals surface area contributed by atoms with Crippen molar-refractivity contribution >= 4 is 78.2 Å². The lowest BCUT2D eigenvalue weighted by atomic mass is 10.2. The van der Waals surface area contributed by atoms with Crippen molar-refractivity contribution in [2.75, 3.05) is 0 Å². The van der Waals surface area contributed by atoms with Crippen molar-refractivity contribution in [2.24, 2.45) is 0 Å². The molecule has 0 saturated heterocycles. The molecule has 0 aliphatic carbocycles. The van der Waals surface area contributed by atoms with E-state index < -0.39 is 14.5 Å². The molecule has 0 aromatic heterocycles. The highest BCUT2D eigenvalue weighted by Gasteiger charge is 2.48. The van der Waals surface area contributed by atoms with Gasteiger partial charge in [0.1, 0.15) is 46.4 Å². The van der Waals surface area contributed by atoms with E-state index in [0.29, 0.717) is 0 Å². The van der Waals surface area contributed by atoms with E-state index in [0.717, 1.165) is 21.3 Å². The van der Waals surface area contributed by atoms with Gasteiger partial charge < -0.3 is 34.0 Å². The molecule has 0 fully saturated rings. The quantitative estimate of drug-likeness (QED) is 0.181. The van der Waals surface area contributed by atoms with Gasteiger partial charge in [-0.05, 0) is 84.9 Å². The Labute approximate surface area is 335 Å². The van der Waals surface area contributed by atoms with Crippen LogP contribution >= 0.6 is 46.4 Å². The summed E-state index contributed by atoms with van der Waals surface area (Å²) >= 11 is 8.13. The zero-order valence-electron chi connectivity index (χ0n) is 27.3. The molecule has 0 radical (unpaired) electrons. The highest BCUT2D eigenvalue weighted by molar-refractivity contribution is 9.11. The number of halogens is 4. The van der Waals surface area contributed by atoms with Crippen molar-refractivity contribution in [3.63, 3.8) is 0 Å². The van der Waals surface area contributed by atoms with Gasteiger partial charge in [-0.2, -0.15) is 0 Å². The molecule has 7 aromatic carbocycles. The summed E-state index contributed by atoms with van der Waals surface area (Å²) < 4.78 is 2.27. The lowest BCUT2D eigenvalue weighted by Crippen LogP contribution is -3.00. The molecule has 0 nitrogen and oxygen atoms in total. The zero-order valence-corrected chi connectivity index (χ0v) is 35.4. The van der Waals surface area contributed by atoms with Gasteiger partial charge in [-0.3, -0.25) is 0 Å². The summed E-state index contributed by atoms with van der Waals surface area (Å²) in [6.07, 6.45) is 1.80. The fraction of sp³-hybridized carbons (Fsp3) is 0.0455. The molecular weight excluding hydrogens is 910 g/mol. The van der Waals surface area contributed by atoms with Crippen LogP contribution in [0.2, 0.25) is 0 Å². The van der Waals surface area contributed by atoms with E-state index in [1.165, 1.54) is 43.0 Å².